The summed E-state index contributed by atoms with van der Waals surface area (Å²) in [5.74, 6) is 0. The second-order valence-corrected chi connectivity index (χ2v) is 0.530. The van der Waals surface area contributed by atoms with Crippen LogP contribution >= 0.6 is 0 Å². The molecule has 46 valence electrons. The van der Waals surface area contributed by atoms with Crippen LogP contribution in [0.2, 0.25) is 0 Å². The summed E-state index contributed by atoms with van der Waals surface area (Å²) in [6.45, 7) is 4.00. The molecule has 0 spiro atoms. The molecule has 0 amide bonds. The Bertz CT molecular complexity index is 70.5. The van der Waals surface area contributed by atoms with E-state index in [9.17, 15) is 0 Å². The second kappa shape index (κ2) is 9.95. The van der Waals surface area contributed by atoms with Gasteiger partial charge in [-0.25, -0.2) is 10.2 Å². The van der Waals surface area contributed by atoms with E-state index in [1.807, 2.05) is 13.8 Å². The van der Waals surface area contributed by atoms with E-state index in [2.05, 4.69) is 21.0 Å². The van der Waals surface area contributed by atoms with Crippen molar-refractivity contribution < 1.29 is 25.5 Å². The largest absolute Gasteiger partial charge is 0.615 e. The third-order valence-electron chi connectivity index (χ3n) is 0.251. The predicted molar refractivity (Wildman–Crippen MR) is 24.5 cm³/mol. The molecule has 0 bridgehead atoms. The Morgan fingerprint density at radius 1 is 1.50 bits per heavy atom. The molecule has 1 aromatic heterocycles. The van der Waals surface area contributed by atoms with Crippen molar-refractivity contribution in [1.82, 2.24) is 10.2 Å². The van der Waals surface area contributed by atoms with Crippen molar-refractivity contribution >= 4 is 0 Å². The van der Waals surface area contributed by atoms with Gasteiger partial charge in [0.1, 0.15) is 0 Å². The number of rotatable bonds is 0. The van der Waals surface area contributed by atoms with Gasteiger partial charge in [-0.15, -0.1) is 0 Å². The van der Waals surface area contributed by atoms with Crippen molar-refractivity contribution in [2.45, 2.75) is 13.8 Å². The molecule has 0 aliphatic heterocycles. The van der Waals surface area contributed by atoms with Gasteiger partial charge < -0.3 is 4.42 Å². The van der Waals surface area contributed by atoms with Crippen LogP contribution in [0.1, 0.15) is 13.8 Å². The molecule has 4 heteroatoms. The van der Waals surface area contributed by atoms with Crippen molar-refractivity contribution in [2.24, 2.45) is 0 Å². The maximum absolute atomic E-state index is 4.24. The van der Waals surface area contributed by atoms with Gasteiger partial charge in [-0.1, -0.05) is 13.8 Å². The fourth-order valence-electron chi connectivity index (χ4n) is 0.118. The summed E-state index contributed by atoms with van der Waals surface area (Å²) in [6, 6.07) is 0. The Labute approximate surface area is 62.8 Å². The van der Waals surface area contributed by atoms with Gasteiger partial charge in [0.15, 0.2) is 0 Å². The molecule has 0 saturated heterocycles. The van der Waals surface area contributed by atoms with E-state index in [1.54, 1.807) is 0 Å². The first-order valence-corrected chi connectivity index (χ1v) is 2.12. The van der Waals surface area contributed by atoms with Gasteiger partial charge in [-0.3, -0.25) is 0 Å². The first-order valence-electron chi connectivity index (χ1n) is 2.12. The standard InChI is InChI=1S/C2HN2O.C2H6.W/c1-3-4-2-5-1;1-2;/h1H;1-2H3;/q-1;;. The van der Waals surface area contributed by atoms with E-state index in [0.29, 0.717) is 0 Å². The fraction of sp³-hybridized carbons (Fsp3) is 0.500. The minimum Gasteiger partial charge on any atom is -0.615 e. The van der Waals surface area contributed by atoms with Gasteiger partial charge in [0.25, 0.3) is 0 Å². The summed E-state index contributed by atoms with van der Waals surface area (Å²) >= 11 is 0. The van der Waals surface area contributed by atoms with Crippen molar-refractivity contribution in [3.05, 3.63) is 12.8 Å². The number of hydrogen-bond acceptors (Lipinski definition) is 3. The van der Waals surface area contributed by atoms with Crippen LogP contribution in [0.3, 0.4) is 0 Å². The van der Waals surface area contributed by atoms with Crippen LogP contribution < -0.4 is 0 Å². The number of aromatic nitrogens is 2. The van der Waals surface area contributed by atoms with Crippen LogP contribution in [0.25, 0.3) is 0 Å². The Balaban J connectivity index is 0. The Kier molecular flexibility index (Phi) is 13.4. The normalized spacial score (nSPS) is 5.75. The van der Waals surface area contributed by atoms with Gasteiger partial charge in [0, 0.05) is 27.5 Å². The van der Waals surface area contributed by atoms with Gasteiger partial charge in [0.05, 0.1) is 6.39 Å². The predicted octanol–water partition coefficient (Wildman–Crippen LogP) is 0.893. The minimum atomic E-state index is 0. The van der Waals surface area contributed by atoms with Crippen LogP contribution in [-0.4, -0.2) is 10.2 Å². The number of nitrogens with zero attached hydrogens (tertiary/aromatic N) is 2. The zero-order valence-corrected chi connectivity index (χ0v) is 7.72. The molecule has 8 heavy (non-hydrogen) atoms. The van der Waals surface area contributed by atoms with Crippen molar-refractivity contribution in [3.8, 4) is 0 Å². The Morgan fingerprint density at radius 2 is 2.12 bits per heavy atom. The van der Waals surface area contributed by atoms with Crippen LogP contribution in [0.5, 0.6) is 0 Å². The molecular weight excluding hydrogens is 276 g/mol. The maximum atomic E-state index is 4.24. The van der Waals surface area contributed by atoms with Gasteiger partial charge >= 0.3 is 0 Å². The van der Waals surface area contributed by atoms with Crippen molar-refractivity contribution in [3.63, 3.8) is 0 Å². The smallest absolute Gasteiger partial charge is 0.0549 e. The third kappa shape index (κ3) is 5.83. The van der Waals surface area contributed by atoms with E-state index in [-0.39, 0.29) is 21.1 Å². The van der Waals surface area contributed by atoms with Crippen LogP contribution in [-0.2, 0) is 21.1 Å². The fourth-order valence-corrected chi connectivity index (χ4v) is 0.118. The molecule has 0 saturated carbocycles. The molecule has 0 N–H and O–H groups in total. The molecule has 0 unspecified atom stereocenters. The Morgan fingerprint density at radius 3 is 2.25 bits per heavy atom. The van der Waals surface area contributed by atoms with E-state index in [4.69, 9.17) is 0 Å². The summed E-state index contributed by atoms with van der Waals surface area (Å²) in [6.07, 6.45) is 3.33. The molecule has 0 aliphatic rings. The molecule has 0 aliphatic carbocycles. The summed E-state index contributed by atoms with van der Waals surface area (Å²) in [7, 11) is 0. The summed E-state index contributed by atoms with van der Waals surface area (Å²) in [5, 5.41) is 6.43. The van der Waals surface area contributed by atoms with Gasteiger partial charge in [0.2, 0.25) is 0 Å². The Hall–Kier alpha value is -0.172. The summed E-state index contributed by atoms with van der Waals surface area (Å²) < 4.78 is 4.24. The molecule has 0 radical (unpaired) electrons. The van der Waals surface area contributed by atoms with E-state index in [0.717, 1.165) is 0 Å². The molecule has 0 fully saturated rings. The SMILES string of the molecule is CC.[W].[c-]1nnco1. The minimum absolute atomic E-state index is 0. The van der Waals surface area contributed by atoms with Crippen molar-refractivity contribution in [2.75, 3.05) is 0 Å². The van der Waals surface area contributed by atoms with Gasteiger partial charge in [-0.2, -0.15) is 0 Å². The molecular formula is C4H7N2OW-. The van der Waals surface area contributed by atoms with Crippen LogP contribution in [0, 0.1) is 6.39 Å². The molecule has 3 nitrogen and oxygen atoms in total. The van der Waals surface area contributed by atoms with Gasteiger partial charge in [-0.05, 0) is 0 Å². The molecule has 0 atom stereocenters. The zero-order valence-electron chi connectivity index (χ0n) is 4.79. The topological polar surface area (TPSA) is 38.9 Å². The van der Waals surface area contributed by atoms with E-state index in [1.165, 1.54) is 6.39 Å². The average molecular weight is 283 g/mol. The second-order valence-electron chi connectivity index (χ2n) is 0.530. The molecule has 1 rings (SSSR count). The quantitative estimate of drug-likeness (QED) is 0.664. The average Bonchev–Trinajstić information content (AvgIpc) is 2.23. The van der Waals surface area contributed by atoms with Crippen LogP contribution in [0.15, 0.2) is 10.8 Å². The summed E-state index contributed by atoms with van der Waals surface area (Å²) in [5.41, 5.74) is 0. The first-order chi connectivity index (χ1) is 3.50. The number of hydrogen-bond donors (Lipinski definition) is 0. The molecule has 0 aromatic carbocycles. The zero-order chi connectivity index (χ0) is 5.54. The molecule has 1 heterocycles. The monoisotopic (exact) mass is 283 g/mol. The first kappa shape index (κ1) is 10.7. The van der Waals surface area contributed by atoms with E-state index >= 15 is 0 Å². The van der Waals surface area contributed by atoms with Crippen molar-refractivity contribution in [1.29, 1.82) is 0 Å². The molecule has 1 aromatic rings. The third-order valence-corrected chi connectivity index (χ3v) is 0.251. The maximum Gasteiger partial charge on any atom is 0.0549 e. The summed E-state index contributed by atoms with van der Waals surface area (Å²) in [4.78, 5) is 0. The van der Waals surface area contributed by atoms with Crippen LogP contribution in [0.4, 0.5) is 0 Å². The van der Waals surface area contributed by atoms with E-state index < -0.39 is 0 Å².